The Morgan fingerprint density at radius 2 is 1.19 bits per heavy atom. The van der Waals surface area contributed by atoms with E-state index in [1.165, 1.54) is 0 Å². The van der Waals surface area contributed by atoms with Crippen molar-refractivity contribution in [2.24, 2.45) is 0 Å². The fourth-order valence-corrected chi connectivity index (χ4v) is 3.47. The van der Waals surface area contributed by atoms with E-state index in [9.17, 15) is 40.5 Å². The summed E-state index contributed by atoms with van der Waals surface area (Å²) in [5.41, 5.74) is 13.9. The number of nitrogens with zero attached hydrogens (tertiary/aromatic N) is 7. The van der Waals surface area contributed by atoms with Gasteiger partial charge in [-0.3, -0.25) is 40.5 Å². The van der Waals surface area contributed by atoms with Gasteiger partial charge >= 0.3 is 28.3 Å². The molecule has 2 heterocycles. The highest BCUT2D eigenvalue weighted by atomic mass is 16.6. The van der Waals surface area contributed by atoms with E-state index in [4.69, 9.17) is 22.9 Å². The number of aromatic nitrogens is 4. The van der Waals surface area contributed by atoms with Gasteiger partial charge in [0.05, 0.1) is 24.8 Å². The maximum Gasteiger partial charge on any atom is 0.357 e. The minimum Gasteiger partial charge on any atom is -0.391 e. The lowest BCUT2D eigenvalue weighted by atomic mass is 10.1. The summed E-state index contributed by atoms with van der Waals surface area (Å²) in [6.45, 7) is 0. The number of nitrogen functional groups attached to an aromatic ring is 4. The van der Waals surface area contributed by atoms with Crippen LogP contribution in [0.15, 0.2) is 0 Å². The van der Waals surface area contributed by atoms with E-state index >= 15 is 0 Å². The van der Waals surface area contributed by atoms with E-state index in [0.29, 0.717) is 4.63 Å². The predicted molar refractivity (Wildman–Crippen MR) is 104 cm³/mol. The maximum atomic E-state index is 11.6. The Labute approximate surface area is 171 Å². The first kappa shape index (κ1) is 19.7. The number of aromatic amines is 1. The van der Waals surface area contributed by atoms with Gasteiger partial charge in [-0.15, -0.1) is 0 Å². The number of rotatable bonds is 4. The van der Waals surface area contributed by atoms with Crippen LogP contribution in [0.5, 0.6) is 0 Å². The summed E-state index contributed by atoms with van der Waals surface area (Å²) in [6.07, 6.45) is 0. The van der Waals surface area contributed by atoms with Gasteiger partial charge < -0.3 is 22.9 Å². The number of hydrogen-bond acceptors (Lipinski definition) is 13. The monoisotopic (exact) mass is 449 g/mol. The summed E-state index contributed by atoms with van der Waals surface area (Å²) >= 11 is 0. The smallest absolute Gasteiger partial charge is 0.357 e. The first-order valence-corrected chi connectivity index (χ1v) is 8.05. The van der Waals surface area contributed by atoms with Crippen molar-refractivity contribution in [3.05, 3.63) is 40.5 Å². The maximum absolute atomic E-state index is 11.6. The van der Waals surface area contributed by atoms with Crippen LogP contribution in [0.4, 0.5) is 45.5 Å². The molecule has 2 aromatic heterocycles. The Bertz CT molecular complexity index is 1460. The first-order valence-electron chi connectivity index (χ1n) is 8.05. The molecule has 0 aliphatic carbocycles. The van der Waals surface area contributed by atoms with Crippen molar-refractivity contribution in [3.8, 4) is 0 Å². The molecule has 0 aliphatic rings. The Kier molecular flexibility index (Phi) is 3.69. The van der Waals surface area contributed by atoms with Gasteiger partial charge in [-0.25, -0.2) is 0 Å². The standard InChI is InChI=1S/C12H9N12O8/c13-1-7(21(25)26)3(15)11(23(29)30)5-9(1)19-18-6-10(20(19)17-5)2(14)8(22(27)28)4(16)12(6)24(31)32/h17H,13-16H2/q+1. The van der Waals surface area contributed by atoms with Crippen LogP contribution in [-0.4, -0.2) is 34.5 Å². The van der Waals surface area contributed by atoms with Gasteiger partial charge in [0.15, 0.2) is 28.1 Å². The summed E-state index contributed by atoms with van der Waals surface area (Å²) in [5, 5.41) is 52.3. The highest BCUT2D eigenvalue weighted by Gasteiger charge is 2.42. The van der Waals surface area contributed by atoms with E-state index in [0.717, 1.165) is 4.63 Å². The van der Waals surface area contributed by atoms with Crippen molar-refractivity contribution in [2.75, 3.05) is 22.9 Å². The molecular formula is C12H9N12O8+. The number of nitro benzene ring substituents is 4. The molecular weight excluding hydrogens is 440 g/mol. The zero-order chi connectivity index (χ0) is 23.8. The highest BCUT2D eigenvalue weighted by molar-refractivity contribution is 6.06. The van der Waals surface area contributed by atoms with Crippen LogP contribution < -0.4 is 27.6 Å². The number of fused-ring (bicyclic) bond motifs is 5. The minimum atomic E-state index is -1.05. The van der Waals surface area contributed by atoms with Crippen LogP contribution >= 0.6 is 0 Å². The molecule has 0 bridgehead atoms. The molecule has 0 saturated carbocycles. The number of nitrogens with one attached hydrogen (secondary N) is 1. The second kappa shape index (κ2) is 5.97. The average Bonchev–Trinajstić information content (AvgIpc) is 3.16. The number of H-pyrrole nitrogens is 1. The van der Waals surface area contributed by atoms with E-state index in [2.05, 4.69) is 10.2 Å². The molecule has 4 rings (SSSR count). The molecule has 0 aliphatic heterocycles. The molecule has 9 N–H and O–H groups in total. The largest absolute Gasteiger partial charge is 0.391 e. The van der Waals surface area contributed by atoms with Gasteiger partial charge in [-0.1, -0.05) is 0 Å². The molecule has 164 valence electrons. The molecule has 0 saturated heterocycles. The van der Waals surface area contributed by atoms with Crippen LogP contribution in [-0.2, 0) is 0 Å². The van der Waals surface area contributed by atoms with Crippen molar-refractivity contribution in [1.29, 1.82) is 0 Å². The molecule has 2 aromatic carbocycles. The van der Waals surface area contributed by atoms with E-state index < -0.39 is 87.3 Å². The first-order chi connectivity index (χ1) is 14.9. The van der Waals surface area contributed by atoms with Crippen molar-refractivity contribution in [1.82, 2.24) is 14.8 Å². The molecule has 0 atom stereocenters. The third-order valence-electron chi connectivity index (χ3n) is 4.71. The molecule has 20 heteroatoms. The molecule has 0 spiro atoms. The van der Waals surface area contributed by atoms with Gasteiger partial charge in [0.2, 0.25) is 0 Å². The molecule has 0 amide bonds. The Hall–Kier alpha value is -5.56. The van der Waals surface area contributed by atoms with Crippen LogP contribution in [0.2, 0.25) is 0 Å². The summed E-state index contributed by atoms with van der Waals surface area (Å²) in [6, 6.07) is 0. The number of hydrogen-bond donors (Lipinski definition) is 5. The number of nitrogens with two attached hydrogens (primary N) is 4. The second-order valence-corrected chi connectivity index (χ2v) is 6.31. The van der Waals surface area contributed by atoms with Crippen LogP contribution in [0, 0.1) is 40.5 Å². The minimum absolute atomic E-state index is 0.452. The zero-order valence-corrected chi connectivity index (χ0v) is 15.2. The van der Waals surface area contributed by atoms with Crippen LogP contribution in [0.25, 0.3) is 22.1 Å². The summed E-state index contributed by atoms with van der Waals surface area (Å²) in [5.74, 6) is 0. The molecule has 32 heavy (non-hydrogen) atoms. The third-order valence-corrected chi connectivity index (χ3v) is 4.71. The Morgan fingerprint density at radius 1 is 0.719 bits per heavy atom. The fraction of sp³-hybridized carbons (Fsp3) is 0. The summed E-state index contributed by atoms with van der Waals surface area (Å²) in [7, 11) is 0. The van der Waals surface area contributed by atoms with E-state index in [1.54, 1.807) is 0 Å². The van der Waals surface area contributed by atoms with Crippen molar-refractivity contribution in [2.45, 2.75) is 0 Å². The highest BCUT2D eigenvalue weighted by Crippen LogP contribution is 2.45. The van der Waals surface area contributed by atoms with Gasteiger partial charge in [0.25, 0.3) is 5.52 Å². The number of nitro groups is 4. The topological polar surface area (TPSA) is 314 Å². The predicted octanol–water partition coefficient (Wildman–Crippen LogP) is -0.484. The molecule has 4 aromatic rings. The van der Waals surface area contributed by atoms with Gasteiger partial charge in [0.1, 0.15) is 5.69 Å². The molecule has 0 radical (unpaired) electrons. The molecule has 20 nitrogen and oxygen atoms in total. The van der Waals surface area contributed by atoms with E-state index in [1.807, 2.05) is 0 Å². The molecule has 0 unspecified atom stereocenters. The third kappa shape index (κ3) is 2.18. The lowest BCUT2D eigenvalue weighted by molar-refractivity contribution is -0.649. The van der Waals surface area contributed by atoms with Crippen molar-refractivity contribution >= 4 is 67.6 Å². The van der Waals surface area contributed by atoms with E-state index in [-0.39, 0.29) is 0 Å². The van der Waals surface area contributed by atoms with Gasteiger partial charge in [0, 0.05) is 4.63 Å². The van der Waals surface area contributed by atoms with Gasteiger partial charge in [-0.05, 0) is 4.63 Å². The van der Waals surface area contributed by atoms with Crippen LogP contribution in [0.3, 0.4) is 0 Å². The van der Waals surface area contributed by atoms with Crippen molar-refractivity contribution in [3.63, 3.8) is 0 Å². The Balaban J connectivity index is 2.38. The zero-order valence-electron chi connectivity index (χ0n) is 15.2. The summed E-state index contributed by atoms with van der Waals surface area (Å²) in [4.78, 5) is 41.8. The normalized spacial score (nSPS) is 11.4. The van der Waals surface area contributed by atoms with Crippen LogP contribution in [0.1, 0.15) is 0 Å². The lowest BCUT2D eigenvalue weighted by Crippen LogP contribution is -2.29. The van der Waals surface area contributed by atoms with Gasteiger partial charge in [-0.2, -0.15) is 5.10 Å². The Morgan fingerprint density at radius 3 is 1.69 bits per heavy atom. The van der Waals surface area contributed by atoms with Crippen molar-refractivity contribution < 1.29 is 24.3 Å². The molecule has 0 fully saturated rings. The second-order valence-electron chi connectivity index (χ2n) is 6.31. The summed E-state index contributed by atoms with van der Waals surface area (Å²) < 4.78 is 1.46. The number of benzene rings is 2. The fourth-order valence-electron chi connectivity index (χ4n) is 3.47. The lowest BCUT2D eigenvalue weighted by Gasteiger charge is -2.02. The SMILES string of the molecule is Nc1c([N+](=O)[O-])c(N)c2c(nn3c4c(N)c([N+](=O)[O-])c(N)c([N+](=O)[O-])c4[nH][n+]23)c1[N+](=O)[O-]. The average molecular weight is 449 g/mol. The number of anilines is 4. The quantitative estimate of drug-likeness (QED) is 0.114.